The highest BCUT2D eigenvalue weighted by molar-refractivity contribution is 5.95. The lowest BCUT2D eigenvalue weighted by Gasteiger charge is -2.60. The highest BCUT2D eigenvalue weighted by atomic mass is 16.6. The summed E-state index contributed by atoms with van der Waals surface area (Å²) in [6.07, 6.45) is 2.13. The van der Waals surface area contributed by atoms with Crippen LogP contribution in [0.1, 0.15) is 92.9 Å². The van der Waals surface area contributed by atoms with Crippen molar-refractivity contribution in [3.63, 3.8) is 0 Å². The Balaban J connectivity index is 1.69. The van der Waals surface area contributed by atoms with Crippen LogP contribution >= 0.6 is 0 Å². The minimum atomic E-state index is -1.47. The molecule has 1 unspecified atom stereocenters. The summed E-state index contributed by atoms with van der Waals surface area (Å²) in [5.41, 5.74) is -4.45. The van der Waals surface area contributed by atoms with Gasteiger partial charge in [0.1, 0.15) is 11.7 Å². The predicted molar refractivity (Wildman–Crippen MR) is 136 cm³/mol. The van der Waals surface area contributed by atoms with E-state index in [4.69, 9.17) is 4.74 Å². The number of rotatable bonds is 6. The quantitative estimate of drug-likeness (QED) is 0.335. The largest absolute Gasteiger partial charge is 0.459 e. The van der Waals surface area contributed by atoms with Crippen LogP contribution in [0, 0.1) is 28.6 Å². The lowest BCUT2D eigenvalue weighted by Crippen LogP contribution is -2.63. The molecule has 37 heavy (non-hydrogen) atoms. The number of ether oxygens (including phenoxy) is 1. The first-order chi connectivity index (χ1) is 16.9. The molecule has 4 aliphatic carbocycles. The standard InChI is InChI=1S/C29H46O8/c1-16(30)37-24(9-10-25(2,3)34)28(6,35)23-8-12-29(36)18-13-20(31)19-14-21(32)22(33)15-26(19,4)17(18)7-11-27(23,29)5/h13,17,19,21-24,32-36H,7-12,14-15H2,1-6H3/t17-,19?,21+,22-,23-,24+,26+,27+,28+,29+/m0/s1. The van der Waals surface area contributed by atoms with Crippen LogP contribution in [-0.2, 0) is 14.3 Å². The molecule has 0 amide bonds. The van der Waals surface area contributed by atoms with Crippen LogP contribution in [0.2, 0.25) is 0 Å². The maximum atomic E-state index is 13.4. The maximum Gasteiger partial charge on any atom is 0.303 e. The van der Waals surface area contributed by atoms with E-state index in [1.807, 2.05) is 13.8 Å². The van der Waals surface area contributed by atoms with Crippen LogP contribution in [0.4, 0.5) is 0 Å². The molecule has 8 nitrogen and oxygen atoms in total. The SMILES string of the molecule is CC(=O)O[C@H](CCC(C)(C)O)[C@](C)(O)[C@H]1CC[C@@]2(O)C3=CC(=O)C4C[C@@H](O)[C@@H](O)C[C@]4(C)[C@H]3CC[C@]12C. The van der Waals surface area contributed by atoms with Crippen LogP contribution in [-0.4, -0.2) is 72.4 Å². The molecule has 0 aromatic carbocycles. The van der Waals surface area contributed by atoms with Crippen molar-refractivity contribution in [3.05, 3.63) is 11.6 Å². The van der Waals surface area contributed by atoms with E-state index in [0.29, 0.717) is 44.1 Å². The number of allylic oxidation sites excluding steroid dienone is 1. The van der Waals surface area contributed by atoms with E-state index in [-0.39, 0.29) is 24.5 Å². The van der Waals surface area contributed by atoms with Crippen molar-refractivity contribution in [3.8, 4) is 0 Å². The molecule has 0 aliphatic heterocycles. The van der Waals surface area contributed by atoms with Crippen molar-refractivity contribution in [1.29, 1.82) is 0 Å². The fraction of sp³-hybridized carbons (Fsp3) is 0.862. The van der Waals surface area contributed by atoms with Crippen LogP contribution in [0.15, 0.2) is 11.6 Å². The molecule has 0 heterocycles. The minimum Gasteiger partial charge on any atom is -0.459 e. The molecule has 8 heteroatoms. The zero-order valence-electron chi connectivity index (χ0n) is 23.2. The van der Waals surface area contributed by atoms with E-state index in [1.165, 1.54) is 6.92 Å². The first-order valence-electron chi connectivity index (χ1n) is 13.8. The molecule has 0 bridgehead atoms. The molecule has 0 aromatic rings. The van der Waals surface area contributed by atoms with Gasteiger partial charge in [-0.05, 0) is 101 Å². The predicted octanol–water partition coefficient (Wildman–Crippen LogP) is 2.42. The minimum absolute atomic E-state index is 0.112. The van der Waals surface area contributed by atoms with Crippen molar-refractivity contribution in [2.24, 2.45) is 28.6 Å². The second kappa shape index (κ2) is 9.12. The lowest BCUT2D eigenvalue weighted by molar-refractivity contribution is -0.192. The topological polar surface area (TPSA) is 145 Å². The van der Waals surface area contributed by atoms with Gasteiger partial charge in [-0.3, -0.25) is 9.59 Å². The smallest absolute Gasteiger partial charge is 0.303 e. The number of carbonyl (C=O) groups is 2. The van der Waals surface area contributed by atoms with Gasteiger partial charge in [0.05, 0.1) is 23.4 Å². The van der Waals surface area contributed by atoms with Crippen molar-refractivity contribution in [1.82, 2.24) is 0 Å². The Morgan fingerprint density at radius 1 is 1.11 bits per heavy atom. The summed E-state index contributed by atoms with van der Waals surface area (Å²) in [6.45, 7) is 10.3. The molecule has 0 aromatic heterocycles. The third-order valence-corrected chi connectivity index (χ3v) is 10.8. The van der Waals surface area contributed by atoms with Gasteiger partial charge in [-0.15, -0.1) is 0 Å². The van der Waals surface area contributed by atoms with Gasteiger partial charge < -0.3 is 30.3 Å². The van der Waals surface area contributed by atoms with Gasteiger partial charge in [0.2, 0.25) is 0 Å². The Morgan fingerprint density at radius 2 is 1.76 bits per heavy atom. The average molecular weight is 523 g/mol. The molecule has 210 valence electrons. The Hall–Kier alpha value is -1.32. The van der Waals surface area contributed by atoms with Gasteiger partial charge in [0.15, 0.2) is 5.78 Å². The van der Waals surface area contributed by atoms with E-state index in [0.717, 1.165) is 0 Å². The summed E-state index contributed by atoms with van der Waals surface area (Å²) in [7, 11) is 0. The summed E-state index contributed by atoms with van der Waals surface area (Å²) in [6, 6.07) is 0. The molecule has 4 rings (SSSR count). The summed E-state index contributed by atoms with van der Waals surface area (Å²) >= 11 is 0. The summed E-state index contributed by atoms with van der Waals surface area (Å²) < 4.78 is 5.61. The van der Waals surface area contributed by atoms with Gasteiger partial charge in [-0.1, -0.05) is 13.8 Å². The third kappa shape index (κ3) is 4.50. The maximum absolute atomic E-state index is 13.4. The Bertz CT molecular complexity index is 965. The van der Waals surface area contributed by atoms with Crippen molar-refractivity contribution in [2.45, 2.75) is 128 Å². The number of esters is 1. The highest BCUT2D eigenvalue weighted by Gasteiger charge is 2.69. The van der Waals surface area contributed by atoms with E-state index in [1.54, 1.807) is 26.8 Å². The second-order valence-corrected chi connectivity index (χ2v) is 13.8. The zero-order valence-corrected chi connectivity index (χ0v) is 23.2. The third-order valence-electron chi connectivity index (χ3n) is 10.8. The number of carbonyl (C=O) groups excluding carboxylic acids is 2. The van der Waals surface area contributed by atoms with E-state index in [9.17, 15) is 35.1 Å². The number of aliphatic hydroxyl groups excluding tert-OH is 2. The number of fused-ring (bicyclic) bond motifs is 5. The molecular weight excluding hydrogens is 476 g/mol. The molecule has 0 radical (unpaired) electrons. The van der Waals surface area contributed by atoms with Crippen LogP contribution in [0.5, 0.6) is 0 Å². The van der Waals surface area contributed by atoms with E-state index >= 15 is 0 Å². The number of hydrogen-bond acceptors (Lipinski definition) is 8. The zero-order chi connectivity index (χ0) is 27.8. The van der Waals surface area contributed by atoms with Crippen molar-refractivity contribution in [2.75, 3.05) is 0 Å². The summed E-state index contributed by atoms with van der Waals surface area (Å²) in [5.74, 6) is -1.56. The monoisotopic (exact) mass is 522 g/mol. The summed E-state index contributed by atoms with van der Waals surface area (Å²) in [5, 5.41) is 55.4. The van der Waals surface area contributed by atoms with Gasteiger partial charge >= 0.3 is 5.97 Å². The second-order valence-electron chi connectivity index (χ2n) is 13.8. The normalized spacial score (nSPS) is 44.1. The molecule has 10 atom stereocenters. The molecule has 0 spiro atoms. The fourth-order valence-corrected chi connectivity index (χ4v) is 8.69. The van der Waals surface area contributed by atoms with Gasteiger partial charge in [-0.2, -0.15) is 0 Å². The van der Waals surface area contributed by atoms with E-state index < -0.39 is 63.8 Å². The molecule has 0 saturated heterocycles. The molecule has 5 N–H and O–H groups in total. The molecular formula is C29H46O8. The van der Waals surface area contributed by atoms with Crippen LogP contribution < -0.4 is 0 Å². The average Bonchev–Trinajstić information content (AvgIpc) is 3.04. The summed E-state index contributed by atoms with van der Waals surface area (Å²) in [4.78, 5) is 25.3. The van der Waals surface area contributed by atoms with Crippen LogP contribution in [0.25, 0.3) is 0 Å². The molecule has 3 saturated carbocycles. The van der Waals surface area contributed by atoms with Gasteiger partial charge in [0.25, 0.3) is 0 Å². The van der Waals surface area contributed by atoms with Crippen molar-refractivity contribution >= 4 is 11.8 Å². The molecule has 4 aliphatic rings. The Morgan fingerprint density at radius 3 is 2.35 bits per heavy atom. The van der Waals surface area contributed by atoms with Crippen LogP contribution in [0.3, 0.4) is 0 Å². The first-order valence-corrected chi connectivity index (χ1v) is 13.8. The van der Waals surface area contributed by atoms with Gasteiger partial charge in [0, 0.05) is 18.3 Å². The Labute approximate surface area is 220 Å². The van der Waals surface area contributed by atoms with Crippen molar-refractivity contribution < 1.29 is 39.9 Å². The Kier molecular flexibility index (Phi) is 7.07. The van der Waals surface area contributed by atoms with Gasteiger partial charge in [-0.25, -0.2) is 0 Å². The number of aliphatic hydroxyl groups is 5. The lowest BCUT2D eigenvalue weighted by atomic mass is 9.45. The number of ketones is 1. The highest BCUT2D eigenvalue weighted by Crippen LogP contribution is 2.68. The molecule has 3 fully saturated rings. The fourth-order valence-electron chi connectivity index (χ4n) is 8.69. The van der Waals surface area contributed by atoms with E-state index in [2.05, 4.69) is 0 Å². The number of hydrogen-bond donors (Lipinski definition) is 5. The first kappa shape index (κ1) is 28.7.